The molecule has 0 saturated carbocycles. The molecule has 1 aromatic heterocycles. The van der Waals surface area contributed by atoms with Crippen LogP contribution in [0.3, 0.4) is 0 Å². The summed E-state index contributed by atoms with van der Waals surface area (Å²) in [6.45, 7) is 3.49. The fourth-order valence-corrected chi connectivity index (χ4v) is 6.37. The van der Waals surface area contributed by atoms with Crippen molar-refractivity contribution in [2.75, 3.05) is 19.6 Å². The summed E-state index contributed by atoms with van der Waals surface area (Å²) in [5, 5.41) is 4.70. The molecule has 0 aliphatic carbocycles. The zero-order valence-corrected chi connectivity index (χ0v) is 13.7. The summed E-state index contributed by atoms with van der Waals surface area (Å²) < 4.78 is 27.5. The molecule has 1 N–H and O–H groups in total. The van der Waals surface area contributed by atoms with Crippen LogP contribution in [0.25, 0.3) is 0 Å². The fourth-order valence-electron chi connectivity index (χ4n) is 3.34. The van der Waals surface area contributed by atoms with Crippen molar-refractivity contribution in [2.24, 2.45) is 5.41 Å². The van der Waals surface area contributed by atoms with Gasteiger partial charge in [-0.1, -0.05) is 0 Å². The SMILES string of the molecule is Cc1ccsc1S(=O)(=O)N1CCC[C@@]2(CCNC2=O)CC1. The van der Waals surface area contributed by atoms with Gasteiger partial charge in [-0.2, -0.15) is 4.31 Å². The number of aryl methyl sites for hydroxylation is 1. The van der Waals surface area contributed by atoms with Gasteiger partial charge in [-0.15, -0.1) is 11.3 Å². The summed E-state index contributed by atoms with van der Waals surface area (Å²) in [5.41, 5.74) is 0.465. The smallest absolute Gasteiger partial charge is 0.252 e. The lowest BCUT2D eigenvalue weighted by Gasteiger charge is -2.24. The van der Waals surface area contributed by atoms with Crippen molar-refractivity contribution in [2.45, 2.75) is 36.8 Å². The molecule has 2 saturated heterocycles. The number of nitrogens with zero attached hydrogens (tertiary/aromatic N) is 1. The predicted molar refractivity (Wildman–Crippen MR) is 81.7 cm³/mol. The zero-order chi connectivity index (χ0) is 15.1. The Bertz CT molecular complexity index is 653. The first kappa shape index (κ1) is 15.0. The van der Waals surface area contributed by atoms with E-state index in [0.717, 1.165) is 31.4 Å². The molecule has 1 aromatic rings. The van der Waals surface area contributed by atoms with Crippen LogP contribution in [0.5, 0.6) is 0 Å². The van der Waals surface area contributed by atoms with Crippen LogP contribution in [0.2, 0.25) is 0 Å². The minimum Gasteiger partial charge on any atom is -0.356 e. The van der Waals surface area contributed by atoms with Crippen molar-refractivity contribution in [3.8, 4) is 0 Å². The van der Waals surface area contributed by atoms with Gasteiger partial charge in [0.1, 0.15) is 4.21 Å². The van der Waals surface area contributed by atoms with E-state index in [9.17, 15) is 13.2 Å². The fraction of sp³-hybridized carbons (Fsp3) is 0.643. The van der Waals surface area contributed by atoms with Gasteiger partial charge in [0.05, 0.1) is 5.41 Å². The van der Waals surface area contributed by atoms with Crippen molar-refractivity contribution in [3.05, 3.63) is 17.0 Å². The number of hydrogen-bond donors (Lipinski definition) is 1. The van der Waals surface area contributed by atoms with E-state index in [4.69, 9.17) is 0 Å². The lowest BCUT2D eigenvalue weighted by atomic mass is 9.79. The van der Waals surface area contributed by atoms with E-state index in [1.54, 1.807) is 4.31 Å². The third kappa shape index (κ3) is 2.51. The molecule has 0 unspecified atom stereocenters. The van der Waals surface area contributed by atoms with Crippen molar-refractivity contribution < 1.29 is 13.2 Å². The first-order valence-electron chi connectivity index (χ1n) is 7.28. The largest absolute Gasteiger partial charge is 0.356 e. The van der Waals surface area contributed by atoms with Gasteiger partial charge >= 0.3 is 0 Å². The molecule has 0 aromatic carbocycles. The number of rotatable bonds is 2. The van der Waals surface area contributed by atoms with Crippen LogP contribution in [0.1, 0.15) is 31.2 Å². The normalized spacial score (nSPS) is 27.8. The third-order valence-corrected chi connectivity index (χ3v) is 8.23. The maximum absolute atomic E-state index is 12.7. The van der Waals surface area contributed by atoms with Crippen molar-refractivity contribution in [3.63, 3.8) is 0 Å². The van der Waals surface area contributed by atoms with Crippen LogP contribution in [0, 0.1) is 12.3 Å². The van der Waals surface area contributed by atoms with E-state index in [1.807, 2.05) is 18.4 Å². The molecule has 0 bridgehead atoms. The van der Waals surface area contributed by atoms with Gasteiger partial charge in [-0.3, -0.25) is 4.79 Å². The Morgan fingerprint density at radius 2 is 2.10 bits per heavy atom. The van der Waals surface area contributed by atoms with E-state index < -0.39 is 10.0 Å². The van der Waals surface area contributed by atoms with Gasteiger partial charge < -0.3 is 5.32 Å². The van der Waals surface area contributed by atoms with Crippen LogP contribution < -0.4 is 5.32 Å². The second kappa shape index (κ2) is 5.37. The summed E-state index contributed by atoms with van der Waals surface area (Å²) in [4.78, 5) is 12.1. The summed E-state index contributed by atoms with van der Waals surface area (Å²) >= 11 is 1.27. The zero-order valence-electron chi connectivity index (χ0n) is 12.1. The standard InChI is InChI=1S/C14H20N2O3S2/c1-11-3-10-20-12(11)21(18,19)16-8-2-4-14(6-9-16)5-7-15-13(14)17/h3,10H,2,4-9H2,1H3,(H,15,17)/t14-/m1/s1. The van der Waals surface area contributed by atoms with Gasteiger partial charge in [0.15, 0.2) is 0 Å². The van der Waals surface area contributed by atoms with E-state index in [2.05, 4.69) is 5.32 Å². The Kier molecular flexibility index (Phi) is 3.83. The molecule has 3 rings (SSSR count). The molecule has 7 heteroatoms. The minimum atomic E-state index is -3.42. The van der Waals surface area contributed by atoms with Gasteiger partial charge in [-0.25, -0.2) is 8.42 Å². The molecular formula is C14H20N2O3S2. The molecule has 116 valence electrons. The highest BCUT2D eigenvalue weighted by molar-refractivity contribution is 7.91. The highest BCUT2D eigenvalue weighted by atomic mass is 32.2. The first-order valence-corrected chi connectivity index (χ1v) is 9.60. The summed E-state index contributed by atoms with van der Waals surface area (Å²) in [6, 6.07) is 1.83. The van der Waals surface area contributed by atoms with Gasteiger partial charge in [-0.05, 0) is 49.6 Å². The van der Waals surface area contributed by atoms with Crippen LogP contribution in [0.15, 0.2) is 15.7 Å². The maximum Gasteiger partial charge on any atom is 0.252 e. The van der Waals surface area contributed by atoms with Crippen LogP contribution in [-0.4, -0.2) is 38.3 Å². The molecule has 2 aliphatic rings. The van der Waals surface area contributed by atoms with E-state index in [0.29, 0.717) is 23.7 Å². The Hall–Kier alpha value is -0.920. The Morgan fingerprint density at radius 1 is 1.29 bits per heavy atom. The molecule has 2 fully saturated rings. The molecule has 1 atom stereocenters. The van der Waals surface area contributed by atoms with Crippen LogP contribution in [-0.2, 0) is 14.8 Å². The van der Waals surface area contributed by atoms with Gasteiger partial charge in [0, 0.05) is 19.6 Å². The molecule has 21 heavy (non-hydrogen) atoms. The second-order valence-corrected chi connectivity index (χ2v) is 8.98. The number of amides is 1. The maximum atomic E-state index is 12.7. The lowest BCUT2D eigenvalue weighted by Crippen LogP contribution is -2.35. The molecule has 1 amide bonds. The van der Waals surface area contributed by atoms with Crippen LogP contribution >= 0.6 is 11.3 Å². The number of nitrogens with one attached hydrogen (secondary N) is 1. The summed E-state index contributed by atoms with van der Waals surface area (Å²) in [6.07, 6.45) is 2.99. The van der Waals surface area contributed by atoms with E-state index in [1.165, 1.54) is 11.3 Å². The highest BCUT2D eigenvalue weighted by Gasteiger charge is 2.44. The predicted octanol–water partition coefficient (Wildman–Crippen LogP) is 1.74. The number of hydrogen-bond acceptors (Lipinski definition) is 4. The molecule has 2 aliphatic heterocycles. The van der Waals surface area contributed by atoms with Crippen molar-refractivity contribution in [1.82, 2.24) is 9.62 Å². The molecule has 3 heterocycles. The Balaban J connectivity index is 1.82. The second-order valence-electron chi connectivity index (χ2n) is 5.93. The van der Waals surface area contributed by atoms with Crippen LogP contribution in [0.4, 0.5) is 0 Å². The average Bonchev–Trinajstić information content (AvgIpc) is 2.93. The summed E-state index contributed by atoms with van der Waals surface area (Å²) in [5.74, 6) is 0.106. The van der Waals surface area contributed by atoms with E-state index >= 15 is 0 Å². The van der Waals surface area contributed by atoms with E-state index in [-0.39, 0.29) is 11.3 Å². The number of carbonyl (C=O) groups excluding carboxylic acids is 1. The Morgan fingerprint density at radius 3 is 2.71 bits per heavy atom. The topological polar surface area (TPSA) is 66.5 Å². The quantitative estimate of drug-likeness (QED) is 0.899. The van der Waals surface area contributed by atoms with Gasteiger partial charge in [0.2, 0.25) is 5.91 Å². The highest BCUT2D eigenvalue weighted by Crippen LogP contribution is 2.39. The monoisotopic (exact) mass is 328 g/mol. The van der Waals surface area contributed by atoms with Crippen molar-refractivity contribution >= 4 is 27.3 Å². The third-order valence-electron chi connectivity index (χ3n) is 4.66. The first-order chi connectivity index (χ1) is 9.96. The molecule has 0 radical (unpaired) electrons. The molecule has 5 nitrogen and oxygen atoms in total. The molecule has 1 spiro atoms. The Labute approximate surface area is 129 Å². The molecular weight excluding hydrogens is 308 g/mol. The number of sulfonamides is 1. The van der Waals surface area contributed by atoms with Crippen molar-refractivity contribution in [1.29, 1.82) is 0 Å². The number of thiophene rings is 1. The number of carbonyl (C=O) groups is 1. The lowest BCUT2D eigenvalue weighted by molar-refractivity contribution is -0.128. The summed E-state index contributed by atoms with van der Waals surface area (Å²) in [7, 11) is -3.42. The average molecular weight is 328 g/mol. The minimum absolute atomic E-state index is 0.106. The van der Waals surface area contributed by atoms with Gasteiger partial charge in [0.25, 0.3) is 10.0 Å².